The van der Waals surface area contributed by atoms with E-state index in [4.69, 9.17) is 9.47 Å². The van der Waals surface area contributed by atoms with Crippen molar-refractivity contribution in [3.05, 3.63) is 35.9 Å². The van der Waals surface area contributed by atoms with Gasteiger partial charge in [0.1, 0.15) is 6.10 Å². The number of nitrogens with one attached hydrogen (secondary N) is 2. The molecule has 2 saturated heterocycles. The third-order valence-electron chi connectivity index (χ3n) is 4.28. The van der Waals surface area contributed by atoms with Crippen LogP contribution in [0.15, 0.2) is 30.3 Å². The quantitative estimate of drug-likeness (QED) is 0.810. The predicted octanol–water partition coefficient (Wildman–Crippen LogP) is 0.165. The van der Waals surface area contributed by atoms with Crippen LogP contribution in [0.5, 0.6) is 0 Å². The van der Waals surface area contributed by atoms with Gasteiger partial charge in [-0.25, -0.2) is 0 Å². The highest BCUT2D eigenvalue weighted by Crippen LogP contribution is 2.16. The largest absolute Gasteiger partial charge is 0.379 e. The summed E-state index contributed by atoms with van der Waals surface area (Å²) in [5, 5.41) is 6.36. The SMILES string of the molecule is O=C(NC(CN1CCOCC1)c1ccccc1)C1CNCCO1. The molecule has 3 rings (SSSR count). The number of ether oxygens (including phenoxy) is 2. The van der Waals surface area contributed by atoms with Crippen LogP contribution < -0.4 is 10.6 Å². The minimum atomic E-state index is -0.403. The highest BCUT2D eigenvalue weighted by atomic mass is 16.5. The van der Waals surface area contributed by atoms with Crippen molar-refractivity contribution in [3.63, 3.8) is 0 Å². The summed E-state index contributed by atoms with van der Waals surface area (Å²) in [6.07, 6.45) is -0.403. The van der Waals surface area contributed by atoms with Crippen LogP contribution in [0.2, 0.25) is 0 Å². The van der Waals surface area contributed by atoms with E-state index < -0.39 is 6.10 Å². The second-order valence-corrected chi connectivity index (χ2v) is 5.95. The van der Waals surface area contributed by atoms with Gasteiger partial charge in [-0.05, 0) is 5.56 Å². The fourth-order valence-electron chi connectivity index (χ4n) is 2.96. The molecule has 1 aromatic rings. The molecule has 23 heavy (non-hydrogen) atoms. The second-order valence-electron chi connectivity index (χ2n) is 5.95. The van der Waals surface area contributed by atoms with Gasteiger partial charge in [0.2, 0.25) is 0 Å². The monoisotopic (exact) mass is 319 g/mol. The van der Waals surface area contributed by atoms with Crippen molar-refractivity contribution in [1.29, 1.82) is 0 Å². The van der Waals surface area contributed by atoms with Crippen molar-refractivity contribution in [1.82, 2.24) is 15.5 Å². The maximum Gasteiger partial charge on any atom is 0.250 e. The summed E-state index contributed by atoms with van der Waals surface area (Å²) < 4.78 is 11.0. The summed E-state index contributed by atoms with van der Waals surface area (Å²) in [6.45, 7) is 6.07. The Kier molecular flexibility index (Phi) is 5.99. The zero-order valence-corrected chi connectivity index (χ0v) is 13.4. The minimum Gasteiger partial charge on any atom is -0.379 e. The van der Waals surface area contributed by atoms with E-state index in [0.717, 1.165) is 45.0 Å². The van der Waals surface area contributed by atoms with E-state index in [9.17, 15) is 4.79 Å². The van der Waals surface area contributed by atoms with E-state index >= 15 is 0 Å². The number of carbonyl (C=O) groups excluding carboxylic acids is 1. The van der Waals surface area contributed by atoms with Gasteiger partial charge in [0.15, 0.2) is 0 Å². The summed E-state index contributed by atoms with van der Waals surface area (Å²) in [5.74, 6) is -0.0423. The Morgan fingerprint density at radius 1 is 1.26 bits per heavy atom. The van der Waals surface area contributed by atoms with Gasteiger partial charge in [-0.15, -0.1) is 0 Å². The molecule has 2 heterocycles. The van der Waals surface area contributed by atoms with Gasteiger partial charge >= 0.3 is 0 Å². The molecule has 1 amide bonds. The minimum absolute atomic E-state index is 0.0349. The Labute approximate surface area is 137 Å². The molecule has 0 radical (unpaired) electrons. The smallest absolute Gasteiger partial charge is 0.250 e. The number of nitrogens with zero attached hydrogens (tertiary/aromatic N) is 1. The van der Waals surface area contributed by atoms with E-state index in [-0.39, 0.29) is 11.9 Å². The number of carbonyl (C=O) groups is 1. The van der Waals surface area contributed by atoms with Gasteiger partial charge < -0.3 is 20.1 Å². The first kappa shape index (κ1) is 16.4. The molecule has 2 aliphatic rings. The number of rotatable bonds is 5. The lowest BCUT2D eigenvalue weighted by atomic mass is 10.1. The third kappa shape index (κ3) is 4.75. The highest BCUT2D eigenvalue weighted by molar-refractivity contribution is 5.81. The van der Waals surface area contributed by atoms with Crippen LogP contribution in [-0.2, 0) is 14.3 Å². The molecule has 6 nitrogen and oxygen atoms in total. The summed E-state index contributed by atoms with van der Waals surface area (Å²) >= 11 is 0. The van der Waals surface area contributed by atoms with Gasteiger partial charge in [0.25, 0.3) is 5.91 Å². The number of amides is 1. The molecule has 2 aliphatic heterocycles. The Bertz CT molecular complexity index is 485. The molecule has 6 heteroatoms. The van der Waals surface area contributed by atoms with Gasteiger partial charge in [-0.2, -0.15) is 0 Å². The summed E-state index contributed by atoms with van der Waals surface area (Å²) in [7, 11) is 0. The highest BCUT2D eigenvalue weighted by Gasteiger charge is 2.26. The summed E-state index contributed by atoms with van der Waals surface area (Å²) in [5.41, 5.74) is 1.12. The van der Waals surface area contributed by atoms with Crippen molar-refractivity contribution >= 4 is 5.91 Å². The average molecular weight is 319 g/mol. The first-order valence-electron chi connectivity index (χ1n) is 8.30. The van der Waals surface area contributed by atoms with Crippen LogP contribution in [0.4, 0.5) is 0 Å². The molecule has 2 fully saturated rings. The van der Waals surface area contributed by atoms with Crippen molar-refractivity contribution in [2.75, 3.05) is 52.5 Å². The van der Waals surface area contributed by atoms with E-state index in [0.29, 0.717) is 13.2 Å². The topological polar surface area (TPSA) is 62.8 Å². The van der Waals surface area contributed by atoms with Crippen LogP contribution >= 0.6 is 0 Å². The summed E-state index contributed by atoms with van der Waals surface area (Å²) in [4.78, 5) is 14.8. The molecule has 0 spiro atoms. The first-order chi connectivity index (χ1) is 11.3. The van der Waals surface area contributed by atoms with Gasteiger partial charge in [0, 0.05) is 32.7 Å². The molecule has 1 aromatic carbocycles. The van der Waals surface area contributed by atoms with Crippen molar-refractivity contribution in [2.24, 2.45) is 0 Å². The fraction of sp³-hybridized carbons (Fsp3) is 0.588. The predicted molar refractivity (Wildman–Crippen MR) is 87.2 cm³/mol. The Balaban J connectivity index is 1.65. The van der Waals surface area contributed by atoms with Crippen LogP contribution in [0.25, 0.3) is 0 Å². The second kappa shape index (κ2) is 8.40. The Morgan fingerprint density at radius 3 is 2.74 bits per heavy atom. The lowest BCUT2D eigenvalue weighted by Crippen LogP contribution is -2.50. The maximum absolute atomic E-state index is 12.5. The zero-order valence-electron chi connectivity index (χ0n) is 13.4. The lowest BCUT2D eigenvalue weighted by molar-refractivity contribution is -0.135. The molecule has 126 valence electrons. The molecular formula is C17H25N3O3. The van der Waals surface area contributed by atoms with Crippen LogP contribution in [-0.4, -0.2) is 69.5 Å². The fourth-order valence-corrected chi connectivity index (χ4v) is 2.96. The summed E-state index contributed by atoms with van der Waals surface area (Å²) in [6, 6.07) is 10.1. The van der Waals surface area contributed by atoms with Crippen molar-refractivity contribution < 1.29 is 14.3 Å². The number of hydrogen-bond donors (Lipinski definition) is 2. The van der Waals surface area contributed by atoms with Crippen LogP contribution in [0.1, 0.15) is 11.6 Å². The Hall–Kier alpha value is -1.47. The first-order valence-corrected chi connectivity index (χ1v) is 8.30. The van der Waals surface area contributed by atoms with E-state index in [2.05, 4.69) is 27.7 Å². The molecule has 2 unspecified atom stereocenters. The molecule has 0 aromatic heterocycles. The van der Waals surface area contributed by atoms with Crippen molar-refractivity contribution in [3.8, 4) is 0 Å². The van der Waals surface area contributed by atoms with E-state index in [1.165, 1.54) is 0 Å². The van der Waals surface area contributed by atoms with Crippen molar-refractivity contribution in [2.45, 2.75) is 12.1 Å². The number of morpholine rings is 2. The van der Waals surface area contributed by atoms with Crippen LogP contribution in [0, 0.1) is 0 Å². The lowest BCUT2D eigenvalue weighted by Gasteiger charge is -2.32. The standard InChI is InChI=1S/C17H25N3O3/c21-17(16-12-18-6-9-23-16)19-15(14-4-2-1-3-5-14)13-20-7-10-22-11-8-20/h1-5,15-16,18H,6-13H2,(H,19,21). The normalized spacial score (nSPS) is 24.1. The third-order valence-corrected chi connectivity index (χ3v) is 4.28. The number of benzene rings is 1. The van der Waals surface area contributed by atoms with Gasteiger partial charge in [-0.1, -0.05) is 30.3 Å². The van der Waals surface area contributed by atoms with Crippen LogP contribution in [0.3, 0.4) is 0 Å². The molecular weight excluding hydrogens is 294 g/mol. The molecule has 0 saturated carbocycles. The molecule has 0 aliphatic carbocycles. The Morgan fingerprint density at radius 2 is 2.04 bits per heavy atom. The molecule has 2 atom stereocenters. The average Bonchev–Trinajstić information content (AvgIpc) is 2.63. The zero-order chi connectivity index (χ0) is 15.9. The van der Waals surface area contributed by atoms with E-state index in [1.54, 1.807) is 0 Å². The molecule has 0 bridgehead atoms. The van der Waals surface area contributed by atoms with Gasteiger partial charge in [0.05, 0.1) is 25.9 Å². The van der Waals surface area contributed by atoms with E-state index in [1.807, 2.05) is 18.2 Å². The maximum atomic E-state index is 12.5. The number of hydrogen-bond acceptors (Lipinski definition) is 5. The van der Waals surface area contributed by atoms with Gasteiger partial charge in [-0.3, -0.25) is 9.69 Å². The molecule has 2 N–H and O–H groups in total.